The fraction of sp³-hybridized carbons (Fsp3) is 0.684. The molecule has 3 fully saturated rings. The molecule has 1 saturated carbocycles. The van der Waals surface area contributed by atoms with Crippen LogP contribution in [0.25, 0.3) is 0 Å². The van der Waals surface area contributed by atoms with Gasteiger partial charge in [0.25, 0.3) is 0 Å². The highest BCUT2D eigenvalue weighted by atomic mass is 16.7. The molecule has 5 nitrogen and oxygen atoms in total. The SMILES string of the molecule is O=C1CCC(CC2OCCO2)(c2ccccn2)CN1C1CCCC1. The Morgan fingerprint density at radius 3 is 2.71 bits per heavy atom. The van der Waals surface area contributed by atoms with Crippen molar-refractivity contribution in [3.05, 3.63) is 30.1 Å². The van der Waals surface area contributed by atoms with Gasteiger partial charge in [-0.25, -0.2) is 0 Å². The van der Waals surface area contributed by atoms with Gasteiger partial charge < -0.3 is 14.4 Å². The largest absolute Gasteiger partial charge is 0.350 e. The Morgan fingerprint density at radius 2 is 2.00 bits per heavy atom. The van der Waals surface area contributed by atoms with Crippen molar-refractivity contribution < 1.29 is 14.3 Å². The molecule has 3 heterocycles. The number of likely N-dealkylation sites (tertiary alicyclic amines) is 1. The molecule has 1 aromatic heterocycles. The van der Waals surface area contributed by atoms with E-state index < -0.39 is 0 Å². The van der Waals surface area contributed by atoms with Crippen LogP contribution in [-0.4, -0.2) is 47.9 Å². The number of carbonyl (C=O) groups is 1. The summed E-state index contributed by atoms with van der Waals surface area (Å²) in [6.07, 6.45) is 8.63. The second-order valence-corrected chi connectivity index (χ2v) is 7.33. The Kier molecular flexibility index (Phi) is 4.55. The number of aromatic nitrogens is 1. The van der Waals surface area contributed by atoms with Crippen LogP contribution in [0.5, 0.6) is 0 Å². The molecule has 4 rings (SSSR count). The van der Waals surface area contributed by atoms with Crippen molar-refractivity contribution in [3.63, 3.8) is 0 Å². The van der Waals surface area contributed by atoms with Crippen molar-refractivity contribution >= 4 is 5.91 Å². The van der Waals surface area contributed by atoms with Crippen LogP contribution >= 0.6 is 0 Å². The molecule has 5 heteroatoms. The van der Waals surface area contributed by atoms with Crippen LogP contribution in [0, 0.1) is 0 Å². The van der Waals surface area contributed by atoms with Crippen molar-refractivity contribution in [2.24, 2.45) is 0 Å². The van der Waals surface area contributed by atoms with Crippen LogP contribution in [0.3, 0.4) is 0 Å². The second-order valence-electron chi connectivity index (χ2n) is 7.33. The van der Waals surface area contributed by atoms with Gasteiger partial charge in [-0.05, 0) is 31.4 Å². The minimum absolute atomic E-state index is 0.160. The normalized spacial score (nSPS) is 29.5. The molecule has 2 aliphatic heterocycles. The summed E-state index contributed by atoms with van der Waals surface area (Å²) in [7, 11) is 0. The highest BCUT2D eigenvalue weighted by Gasteiger charge is 2.45. The van der Waals surface area contributed by atoms with E-state index in [0.717, 1.165) is 37.9 Å². The molecular weight excluding hydrogens is 304 g/mol. The first-order valence-electron chi connectivity index (χ1n) is 9.21. The van der Waals surface area contributed by atoms with Crippen molar-refractivity contribution in [3.8, 4) is 0 Å². The summed E-state index contributed by atoms with van der Waals surface area (Å²) in [6, 6.07) is 6.49. The van der Waals surface area contributed by atoms with Crippen molar-refractivity contribution in [2.45, 2.75) is 62.7 Å². The van der Waals surface area contributed by atoms with Crippen molar-refractivity contribution in [1.29, 1.82) is 0 Å². The number of carbonyl (C=O) groups excluding carboxylic acids is 1. The van der Waals surface area contributed by atoms with E-state index in [0.29, 0.717) is 31.6 Å². The molecule has 24 heavy (non-hydrogen) atoms. The Bertz CT molecular complexity index is 567. The standard InChI is InChI=1S/C19H26N2O3/c22-17-8-9-19(13-18-23-11-12-24-18,16-7-3-4-10-20-16)14-21(17)15-5-1-2-6-15/h3-4,7,10,15,18H,1-2,5-6,8-9,11-14H2. The Labute approximate surface area is 143 Å². The summed E-state index contributed by atoms with van der Waals surface area (Å²) in [5.74, 6) is 0.307. The number of ether oxygens (including phenoxy) is 2. The van der Waals surface area contributed by atoms with Gasteiger partial charge in [-0.2, -0.15) is 0 Å². The molecule has 1 aromatic rings. The molecule has 1 aliphatic carbocycles. The molecule has 0 N–H and O–H groups in total. The third-order valence-corrected chi connectivity index (χ3v) is 5.83. The number of amides is 1. The van der Waals surface area contributed by atoms with Crippen LogP contribution < -0.4 is 0 Å². The van der Waals surface area contributed by atoms with Gasteiger partial charge in [-0.15, -0.1) is 0 Å². The molecule has 0 aromatic carbocycles. The summed E-state index contributed by atoms with van der Waals surface area (Å²) in [5, 5.41) is 0. The van der Waals surface area contributed by atoms with E-state index in [9.17, 15) is 4.79 Å². The third kappa shape index (κ3) is 3.07. The first-order chi connectivity index (χ1) is 11.8. The molecular formula is C19H26N2O3. The lowest BCUT2D eigenvalue weighted by Crippen LogP contribution is -2.53. The Hall–Kier alpha value is -1.46. The molecule has 1 amide bonds. The number of rotatable bonds is 4. The molecule has 2 saturated heterocycles. The van der Waals surface area contributed by atoms with Crippen molar-refractivity contribution in [2.75, 3.05) is 19.8 Å². The average molecular weight is 330 g/mol. The number of hydrogen-bond acceptors (Lipinski definition) is 4. The monoisotopic (exact) mass is 330 g/mol. The van der Waals surface area contributed by atoms with E-state index in [4.69, 9.17) is 9.47 Å². The number of hydrogen-bond donors (Lipinski definition) is 0. The summed E-state index contributed by atoms with van der Waals surface area (Å²) < 4.78 is 11.5. The topological polar surface area (TPSA) is 51.7 Å². The summed E-state index contributed by atoms with van der Waals surface area (Å²) >= 11 is 0. The van der Waals surface area contributed by atoms with E-state index in [1.54, 1.807) is 0 Å². The van der Waals surface area contributed by atoms with Crippen LogP contribution in [0.1, 0.15) is 50.6 Å². The minimum Gasteiger partial charge on any atom is -0.350 e. The lowest BCUT2D eigenvalue weighted by Gasteiger charge is -2.45. The first-order valence-corrected chi connectivity index (χ1v) is 9.21. The number of nitrogens with zero attached hydrogens (tertiary/aromatic N) is 2. The van der Waals surface area contributed by atoms with Gasteiger partial charge in [0.05, 0.1) is 13.2 Å². The molecule has 1 atom stereocenters. The maximum Gasteiger partial charge on any atom is 0.222 e. The fourth-order valence-electron chi connectivity index (χ4n) is 4.53. The zero-order valence-corrected chi connectivity index (χ0v) is 14.2. The van der Waals surface area contributed by atoms with Gasteiger partial charge in [0.1, 0.15) is 0 Å². The molecule has 0 spiro atoms. The minimum atomic E-state index is -0.175. The molecule has 3 aliphatic rings. The first kappa shape index (κ1) is 16.0. The van der Waals surface area contributed by atoms with E-state index >= 15 is 0 Å². The van der Waals surface area contributed by atoms with Crippen molar-refractivity contribution in [1.82, 2.24) is 9.88 Å². The quantitative estimate of drug-likeness (QED) is 0.852. The molecule has 0 radical (unpaired) electrons. The number of piperidine rings is 1. The maximum absolute atomic E-state index is 12.6. The van der Waals surface area contributed by atoms with Crippen LogP contribution in [-0.2, 0) is 19.7 Å². The van der Waals surface area contributed by atoms with Gasteiger partial charge in [0.15, 0.2) is 6.29 Å². The van der Waals surface area contributed by atoms with E-state index in [2.05, 4.69) is 16.0 Å². The smallest absolute Gasteiger partial charge is 0.222 e. The Balaban J connectivity index is 1.62. The van der Waals surface area contributed by atoms with Gasteiger partial charge >= 0.3 is 0 Å². The molecule has 130 valence electrons. The van der Waals surface area contributed by atoms with E-state index in [1.165, 1.54) is 12.8 Å². The van der Waals surface area contributed by atoms with Crippen LogP contribution in [0.4, 0.5) is 0 Å². The van der Waals surface area contributed by atoms with Gasteiger partial charge in [0, 0.05) is 42.7 Å². The third-order valence-electron chi connectivity index (χ3n) is 5.83. The van der Waals surface area contributed by atoms with Gasteiger partial charge in [-0.3, -0.25) is 9.78 Å². The Morgan fingerprint density at radius 1 is 1.21 bits per heavy atom. The van der Waals surface area contributed by atoms with Gasteiger partial charge in [0.2, 0.25) is 5.91 Å². The van der Waals surface area contributed by atoms with Crippen LogP contribution in [0.15, 0.2) is 24.4 Å². The summed E-state index contributed by atoms with van der Waals surface area (Å²) in [5.41, 5.74) is 0.909. The lowest BCUT2D eigenvalue weighted by molar-refractivity contribution is -0.140. The summed E-state index contributed by atoms with van der Waals surface area (Å²) in [6.45, 7) is 2.07. The highest BCUT2D eigenvalue weighted by Crippen LogP contribution is 2.41. The molecule has 1 unspecified atom stereocenters. The predicted octanol–water partition coefficient (Wildman–Crippen LogP) is 2.65. The fourth-order valence-corrected chi connectivity index (χ4v) is 4.53. The zero-order chi connectivity index (χ0) is 16.4. The summed E-state index contributed by atoms with van der Waals surface area (Å²) in [4.78, 5) is 19.4. The van der Waals surface area contributed by atoms with E-state index in [-0.39, 0.29) is 11.7 Å². The predicted molar refractivity (Wildman–Crippen MR) is 89.4 cm³/mol. The highest BCUT2D eigenvalue weighted by molar-refractivity contribution is 5.78. The maximum atomic E-state index is 12.6. The molecule has 0 bridgehead atoms. The lowest BCUT2D eigenvalue weighted by atomic mass is 9.73. The van der Waals surface area contributed by atoms with Gasteiger partial charge in [-0.1, -0.05) is 18.9 Å². The van der Waals surface area contributed by atoms with E-state index in [1.807, 2.05) is 18.3 Å². The number of pyridine rings is 1. The zero-order valence-electron chi connectivity index (χ0n) is 14.2. The second kappa shape index (κ2) is 6.81. The van der Waals surface area contributed by atoms with Crippen LogP contribution in [0.2, 0.25) is 0 Å². The average Bonchev–Trinajstić information content (AvgIpc) is 3.31.